The molecule has 0 heterocycles. The summed E-state index contributed by atoms with van der Waals surface area (Å²) in [6.07, 6.45) is -0.0954. The molecule has 0 fully saturated rings. The Kier molecular flexibility index (Phi) is 4.20. The molecule has 0 atom stereocenters. The van der Waals surface area contributed by atoms with Gasteiger partial charge in [0.25, 0.3) is 0 Å². The third-order valence-electron chi connectivity index (χ3n) is 2.79. The minimum Gasteiger partial charge on any atom is -0.494 e. The van der Waals surface area contributed by atoms with Crippen molar-refractivity contribution < 1.29 is 19.0 Å². The van der Waals surface area contributed by atoms with Crippen LogP contribution in [0, 0.1) is 5.82 Å². The van der Waals surface area contributed by atoms with Gasteiger partial charge in [0, 0.05) is 17.4 Å². The van der Waals surface area contributed by atoms with E-state index in [0.717, 1.165) is 0 Å². The lowest BCUT2D eigenvalue weighted by Crippen LogP contribution is -2.03. The average molecular weight is 275 g/mol. The zero-order valence-corrected chi connectivity index (χ0v) is 10.9. The van der Waals surface area contributed by atoms with Gasteiger partial charge in [0.15, 0.2) is 11.6 Å². The van der Waals surface area contributed by atoms with Crippen LogP contribution in [0.4, 0.5) is 15.8 Å². The molecule has 0 spiro atoms. The van der Waals surface area contributed by atoms with E-state index in [0.29, 0.717) is 16.9 Å². The quantitative estimate of drug-likeness (QED) is 0.879. The molecular formula is C15H14FNO3. The number of carboxylic acids is 1. The number of nitrogens with one attached hydrogen (secondary N) is 1. The molecule has 2 aromatic carbocycles. The molecule has 5 heteroatoms. The van der Waals surface area contributed by atoms with E-state index in [1.165, 1.54) is 19.2 Å². The van der Waals surface area contributed by atoms with Crippen molar-refractivity contribution in [3.63, 3.8) is 0 Å². The molecular weight excluding hydrogens is 261 g/mol. The molecule has 20 heavy (non-hydrogen) atoms. The highest BCUT2D eigenvalue weighted by Gasteiger charge is 2.08. The molecule has 2 rings (SSSR count). The largest absolute Gasteiger partial charge is 0.494 e. The standard InChI is InChI=1S/C15H14FNO3/c1-20-14-7-6-11(9-12(14)16)17-13-5-3-2-4-10(13)8-15(18)19/h2-7,9,17H,8H2,1H3,(H,18,19). The number of methoxy groups -OCH3 is 1. The molecule has 104 valence electrons. The lowest BCUT2D eigenvalue weighted by Gasteiger charge is -2.11. The van der Waals surface area contributed by atoms with Crippen LogP contribution in [0.15, 0.2) is 42.5 Å². The van der Waals surface area contributed by atoms with Crippen molar-refractivity contribution in [1.82, 2.24) is 0 Å². The van der Waals surface area contributed by atoms with Crippen molar-refractivity contribution in [3.05, 3.63) is 53.8 Å². The van der Waals surface area contributed by atoms with E-state index in [1.807, 2.05) is 0 Å². The molecule has 0 amide bonds. The number of halogens is 1. The van der Waals surface area contributed by atoms with Gasteiger partial charge in [-0.25, -0.2) is 4.39 Å². The van der Waals surface area contributed by atoms with Crippen molar-refractivity contribution in [3.8, 4) is 5.75 Å². The first-order valence-corrected chi connectivity index (χ1v) is 6.00. The molecule has 0 saturated heterocycles. The summed E-state index contributed by atoms with van der Waals surface area (Å²) < 4.78 is 18.5. The van der Waals surface area contributed by atoms with Gasteiger partial charge >= 0.3 is 5.97 Å². The van der Waals surface area contributed by atoms with Gasteiger partial charge in [-0.2, -0.15) is 0 Å². The second-order valence-corrected chi connectivity index (χ2v) is 4.20. The third-order valence-corrected chi connectivity index (χ3v) is 2.79. The number of carboxylic acid groups (broad SMARTS) is 1. The summed E-state index contributed by atoms with van der Waals surface area (Å²) in [6, 6.07) is 11.5. The maximum atomic E-state index is 13.6. The molecule has 0 aliphatic rings. The number of benzene rings is 2. The number of carbonyl (C=O) groups is 1. The summed E-state index contributed by atoms with van der Waals surface area (Å²) in [6.45, 7) is 0. The van der Waals surface area contributed by atoms with Gasteiger partial charge in [-0.15, -0.1) is 0 Å². The lowest BCUT2D eigenvalue weighted by molar-refractivity contribution is -0.136. The molecule has 0 aromatic heterocycles. The fourth-order valence-electron chi connectivity index (χ4n) is 1.86. The van der Waals surface area contributed by atoms with Gasteiger partial charge in [-0.05, 0) is 23.8 Å². The monoisotopic (exact) mass is 275 g/mol. The zero-order chi connectivity index (χ0) is 14.5. The van der Waals surface area contributed by atoms with E-state index in [9.17, 15) is 9.18 Å². The Morgan fingerprint density at radius 2 is 2.05 bits per heavy atom. The molecule has 0 unspecified atom stereocenters. The van der Waals surface area contributed by atoms with Crippen LogP contribution in [0.3, 0.4) is 0 Å². The van der Waals surface area contributed by atoms with Gasteiger partial charge in [-0.1, -0.05) is 18.2 Å². The van der Waals surface area contributed by atoms with E-state index in [1.54, 1.807) is 30.3 Å². The number of rotatable bonds is 5. The van der Waals surface area contributed by atoms with Crippen LogP contribution in [-0.4, -0.2) is 18.2 Å². The predicted octanol–water partition coefficient (Wildman–Crippen LogP) is 3.21. The van der Waals surface area contributed by atoms with Gasteiger partial charge in [0.1, 0.15) is 0 Å². The number of hydrogen-bond donors (Lipinski definition) is 2. The molecule has 0 radical (unpaired) electrons. The molecule has 0 bridgehead atoms. The Balaban J connectivity index is 2.25. The van der Waals surface area contributed by atoms with E-state index < -0.39 is 11.8 Å². The first-order valence-electron chi connectivity index (χ1n) is 6.00. The van der Waals surface area contributed by atoms with Gasteiger partial charge in [-0.3, -0.25) is 4.79 Å². The molecule has 4 nitrogen and oxygen atoms in total. The maximum Gasteiger partial charge on any atom is 0.307 e. The molecule has 0 aliphatic carbocycles. The Morgan fingerprint density at radius 3 is 2.70 bits per heavy atom. The highest BCUT2D eigenvalue weighted by Crippen LogP contribution is 2.25. The Bertz CT molecular complexity index is 628. The zero-order valence-electron chi connectivity index (χ0n) is 10.9. The highest BCUT2D eigenvalue weighted by atomic mass is 19.1. The number of anilines is 2. The topological polar surface area (TPSA) is 58.6 Å². The second kappa shape index (κ2) is 6.06. The van der Waals surface area contributed by atoms with E-state index in [4.69, 9.17) is 9.84 Å². The maximum absolute atomic E-state index is 13.6. The van der Waals surface area contributed by atoms with Crippen molar-refractivity contribution in [2.45, 2.75) is 6.42 Å². The summed E-state index contributed by atoms with van der Waals surface area (Å²) in [7, 11) is 1.40. The van der Waals surface area contributed by atoms with Crippen LogP contribution in [0.25, 0.3) is 0 Å². The molecule has 2 N–H and O–H groups in total. The Hall–Kier alpha value is -2.56. The first-order chi connectivity index (χ1) is 9.60. The fourth-order valence-corrected chi connectivity index (χ4v) is 1.86. The molecule has 0 saturated carbocycles. The van der Waals surface area contributed by atoms with Crippen molar-refractivity contribution in [2.75, 3.05) is 12.4 Å². The highest BCUT2D eigenvalue weighted by molar-refractivity contribution is 5.75. The number of aliphatic carboxylic acids is 1. The summed E-state index contributed by atoms with van der Waals surface area (Å²) in [4.78, 5) is 10.8. The van der Waals surface area contributed by atoms with Crippen LogP contribution in [0.1, 0.15) is 5.56 Å². The third kappa shape index (κ3) is 3.26. The van der Waals surface area contributed by atoms with Gasteiger partial charge in [0.2, 0.25) is 0 Å². The van der Waals surface area contributed by atoms with Crippen LogP contribution < -0.4 is 10.1 Å². The minimum absolute atomic E-state index is 0.0954. The lowest BCUT2D eigenvalue weighted by atomic mass is 10.1. The van der Waals surface area contributed by atoms with Crippen LogP contribution in [0.2, 0.25) is 0 Å². The first kappa shape index (κ1) is 13.9. The number of para-hydroxylation sites is 1. The summed E-state index contributed by atoms with van der Waals surface area (Å²) >= 11 is 0. The summed E-state index contributed by atoms with van der Waals surface area (Å²) in [5.41, 5.74) is 1.80. The number of ether oxygens (including phenoxy) is 1. The van der Waals surface area contributed by atoms with Crippen molar-refractivity contribution in [1.29, 1.82) is 0 Å². The van der Waals surface area contributed by atoms with Gasteiger partial charge < -0.3 is 15.2 Å². The average Bonchev–Trinajstić information content (AvgIpc) is 2.41. The Labute approximate surface area is 115 Å². The minimum atomic E-state index is -0.917. The van der Waals surface area contributed by atoms with E-state index in [-0.39, 0.29) is 12.2 Å². The second-order valence-electron chi connectivity index (χ2n) is 4.20. The van der Waals surface area contributed by atoms with Crippen LogP contribution in [-0.2, 0) is 11.2 Å². The van der Waals surface area contributed by atoms with Gasteiger partial charge in [0.05, 0.1) is 13.5 Å². The number of hydrogen-bond acceptors (Lipinski definition) is 3. The summed E-state index contributed by atoms with van der Waals surface area (Å²) in [5.74, 6) is -1.23. The van der Waals surface area contributed by atoms with Crippen molar-refractivity contribution >= 4 is 17.3 Å². The van der Waals surface area contributed by atoms with E-state index >= 15 is 0 Å². The molecule has 0 aliphatic heterocycles. The summed E-state index contributed by atoms with van der Waals surface area (Å²) in [5, 5.41) is 11.9. The molecule has 2 aromatic rings. The van der Waals surface area contributed by atoms with E-state index in [2.05, 4.69) is 5.32 Å². The smallest absolute Gasteiger partial charge is 0.307 e. The predicted molar refractivity (Wildman–Crippen MR) is 74.0 cm³/mol. The fraction of sp³-hybridized carbons (Fsp3) is 0.133. The van der Waals surface area contributed by atoms with Crippen LogP contribution in [0.5, 0.6) is 5.75 Å². The normalized spacial score (nSPS) is 10.1. The Morgan fingerprint density at radius 1 is 1.30 bits per heavy atom. The van der Waals surface area contributed by atoms with Crippen molar-refractivity contribution in [2.24, 2.45) is 0 Å². The SMILES string of the molecule is COc1ccc(Nc2ccccc2CC(=O)O)cc1F. The van der Waals surface area contributed by atoms with Crippen LogP contribution >= 0.6 is 0 Å².